The van der Waals surface area contributed by atoms with Gasteiger partial charge in [0.05, 0.1) is 17.8 Å². The molecule has 1 heterocycles. The summed E-state index contributed by atoms with van der Waals surface area (Å²) in [4.78, 5) is 3.75. The Morgan fingerprint density at radius 2 is 2.21 bits per heavy atom. The Kier molecular flexibility index (Phi) is 3.27. The van der Waals surface area contributed by atoms with E-state index in [2.05, 4.69) is 40.6 Å². The predicted molar refractivity (Wildman–Crippen MR) is 79.4 cm³/mol. The molecule has 0 amide bonds. The largest absolute Gasteiger partial charge is 0.362 e. The summed E-state index contributed by atoms with van der Waals surface area (Å²) >= 11 is 1.78. The van der Waals surface area contributed by atoms with Gasteiger partial charge in [0.25, 0.3) is 0 Å². The number of nitrogens with zero attached hydrogens (tertiary/aromatic N) is 2. The molecule has 0 spiro atoms. The van der Waals surface area contributed by atoms with Gasteiger partial charge in [-0.3, -0.25) is 0 Å². The number of hydrogen-bond acceptors (Lipinski definition) is 3. The lowest BCUT2D eigenvalue weighted by atomic mass is 10.1. The second-order valence-corrected chi connectivity index (χ2v) is 6.10. The van der Waals surface area contributed by atoms with Crippen molar-refractivity contribution >= 4 is 17.0 Å². The zero-order valence-electron chi connectivity index (χ0n) is 11.0. The molecule has 0 unspecified atom stereocenters. The highest BCUT2D eigenvalue weighted by Gasteiger charge is 2.30. The van der Waals surface area contributed by atoms with Gasteiger partial charge in [-0.25, -0.2) is 0 Å². The lowest BCUT2D eigenvalue weighted by molar-refractivity contribution is 0.802. The fourth-order valence-electron chi connectivity index (χ4n) is 2.36. The normalized spacial score (nSPS) is 14.1. The SMILES string of the molecule is Cc1ccc(N(Cc2cccs2)C2CC2)c(C#N)c1. The van der Waals surface area contributed by atoms with Crippen LogP contribution in [0.1, 0.15) is 28.8 Å². The van der Waals surface area contributed by atoms with Gasteiger partial charge in [-0.1, -0.05) is 12.1 Å². The number of nitriles is 1. The van der Waals surface area contributed by atoms with Gasteiger partial charge in [0, 0.05) is 10.9 Å². The number of benzene rings is 1. The molecule has 3 rings (SSSR count). The van der Waals surface area contributed by atoms with Crippen LogP contribution in [0.2, 0.25) is 0 Å². The maximum atomic E-state index is 9.35. The smallest absolute Gasteiger partial charge is 0.101 e. The molecule has 1 aliphatic rings. The summed E-state index contributed by atoms with van der Waals surface area (Å²) in [7, 11) is 0. The van der Waals surface area contributed by atoms with Crippen LogP contribution in [-0.2, 0) is 6.54 Å². The monoisotopic (exact) mass is 268 g/mol. The fraction of sp³-hybridized carbons (Fsp3) is 0.312. The Hall–Kier alpha value is -1.79. The summed E-state index contributed by atoms with van der Waals surface area (Å²) in [6.07, 6.45) is 2.48. The molecule has 0 N–H and O–H groups in total. The molecule has 0 radical (unpaired) electrons. The van der Waals surface area contributed by atoms with Crippen molar-refractivity contribution in [1.82, 2.24) is 0 Å². The number of hydrogen-bond donors (Lipinski definition) is 0. The van der Waals surface area contributed by atoms with Crippen molar-refractivity contribution in [3.8, 4) is 6.07 Å². The van der Waals surface area contributed by atoms with E-state index < -0.39 is 0 Å². The third kappa shape index (κ3) is 2.64. The van der Waals surface area contributed by atoms with E-state index >= 15 is 0 Å². The van der Waals surface area contributed by atoms with E-state index in [1.807, 2.05) is 13.0 Å². The van der Waals surface area contributed by atoms with Crippen LogP contribution in [0.15, 0.2) is 35.7 Å². The maximum absolute atomic E-state index is 9.35. The topological polar surface area (TPSA) is 27.0 Å². The summed E-state index contributed by atoms with van der Waals surface area (Å²) in [6.45, 7) is 2.95. The zero-order valence-corrected chi connectivity index (χ0v) is 11.8. The van der Waals surface area contributed by atoms with Crippen LogP contribution < -0.4 is 4.90 Å². The Morgan fingerprint density at radius 1 is 1.37 bits per heavy atom. The first-order valence-corrected chi connectivity index (χ1v) is 7.45. The highest BCUT2D eigenvalue weighted by Crippen LogP contribution is 2.35. The van der Waals surface area contributed by atoms with E-state index in [9.17, 15) is 5.26 Å². The first-order valence-electron chi connectivity index (χ1n) is 6.57. The van der Waals surface area contributed by atoms with Gasteiger partial charge in [-0.15, -0.1) is 11.3 Å². The van der Waals surface area contributed by atoms with Crippen molar-refractivity contribution in [2.75, 3.05) is 4.90 Å². The number of thiophene rings is 1. The zero-order chi connectivity index (χ0) is 13.2. The Labute approximate surface area is 117 Å². The van der Waals surface area contributed by atoms with Gasteiger partial charge in [0.1, 0.15) is 6.07 Å². The van der Waals surface area contributed by atoms with E-state index in [4.69, 9.17) is 0 Å². The second-order valence-electron chi connectivity index (χ2n) is 5.07. The lowest BCUT2D eigenvalue weighted by Crippen LogP contribution is -2.25. The molecule has 0 bridgehead atoms. The van der Waals surface area contributed by atoms with Crippen LogP contribution in [0, 0.1) is 18.3 Å². The van der Waals surface area contributed by atoms with Gasteiger partial charge in [-0.2, -0.15) is 5.26 Å². The lowest BCUT2D eigenvalue weighted by Gasteiger charge is -2.25. The molecule has 0 atom stereocenters. The molecule has 1 aliphatic carbocycles. The van der Waals surface area contributed by atoms with E-state index in [0.29, 0.717) is 6.04 Å². The molecular weight excluding hydrogens is 252 g/mol. The van der Waals surface area contributed by atoms with Crippen molar-refractivity contribution in [1.29, 1.82) is 5.26 Å². The summed E-state index contributed by atoms with van der Waals surface area (Å²) in [5.74, 6) is 0. The standard InChI is InChI=1S/C16H16N2S/c1-12-4-7-16(13(9-12)10-17)18(14-5-6-14)11-15-3-2-8-19-15/h2-4,7-9,14H,5-6,11H2,1H3. The van der Waals surface area contributed by atoms with Crippen molar-refractivity contribution < 1.29 is 0 Å². The summed E-state index contributed by atoms with van der Waals surface area (Å²) < 4.78 is 0. The molecule has 2 nitrogen and oxygen atoms in total. The number of rotatable bonds is 4. The fourth-order valence-corrected chi connectivity index (χ4v) is 3.06. The molecule has 2 aromatic rings. The third-order valence-electron chi connectivity index (χ3n) is 3.48. The Morgan fingerprint density at radius 3 is 2.84 bits per heavy atom. The van der Waals surface area contributed by atoms with Gasteiger partial charge >= 0.3 is 0 Å². The molecule has 19 heavy (non-hydrogen) atoms. The first-order chi connectivity index (χ1) is 9.28. The van der Waals surface area contributed by atoms with Crippen LogP contribution in [-0.4, -0.2) is 6.04 Å². The first kappa shape index (κ1) is 12.3. The molecule has 0 saturated heterocycles. The minimum atomic E-state index is 0.608. The van der Waals surface area contributed by atoms with Gasteiger partial charge < -0.3 is 4.90 Å². The van der Waals surface area contributed by atoms with Gasteiger partial charge in [0.15, 0.2) is 0 Å². The van der Waals surface area contributed by atoms with Gasteiger partial charge in [0.2, 0.25) is 0 Å². The quantitative estimate of drug-likeness (QED) is 0.834. The predicted octanol–water partition coefficient (Wildman–Crippen LogP) is 4.10. The number of aryl methyl sites for hydroxylation is 1. The maximum Gasteiger partial charge on any atom is 0.101 e. The van der Waals surface area contributed by atoms with Crippen LogP contribution in [0.4, 0.5) is 5.69 Å². The third-order valence-corrected chi connectivity index (χ3v) is 4.34. The van der Waals surface area contributed by atoms with Crippen molar-refractivity contribution in [2.45, 2.75) is 32.4 Å². The van der Waals surface area contributed by atoms with Crippen LogP contribution in [0.3, 0.4) is 0 Å². The van der Waals surface area contributed by atoms with E-state index in [-0.39, 0.29) is 0 Å². The molecule has 3 heteroatoms. The minimum Gasteiger partial charge on any atom is -0.362 e. The molecule has 1 fully saturated rings. The second kappa shape index (κ2) is 5.07. The minimum absolute atomic E-state index is 0.608. The van der Waals surface area contributed by atoms with E-state index in [1.165, 1.54) is 17.7 Å². The van der Waals surface area contributed by atoms with Gasteiger partial charge in [-0.05, 0) is 48.9 Å². The number of anilines is 1. The van der Waals surface area contributed by atoms with Crippen molar-refractivity contribution in [3.63, 3.8) is 0 Å². The van der Waals surface area contributed by atoms with Crippen LogP contribution in [0.5, 0.6) is 0 Å². The summed E-state index contributed by atoms with van der Waals surface area (Å²) in [6, 6.07) is 13.4. The van der Waals surface area contributed by atoms with E-state index in [1.54, 1.807) is 11.3 Å². The van der Waals surface area contributed by atoms with Crippen molar-refractivity contribution in [3.05, 3.63) is 51.7 Å². The van der Waals surface area contributed by atoms with Crippen molar-refractivity contribution in [2.24, 2.45) is 0 Å². The highest BCUT2D eigenvalue weighted by molar-refractivity contribution is 7.09. The summed E-state index contributed by atoms with van der Waals surface area (Å²) in [5.41, 5.74) is 3.03. The molecule has 96 valence electrons. The average Bonchev–Trinajstić information content (AvgIpc) is 3.13. The van der Waals surface area contributed by atoms with E-state index in [0.717, 1.165) is 23.4 Å². The van der Waals surface area contributed by atoms with Crippen LogP contribution >= 0.6 is 11.3 Å². The molecule has 1 aromatic carbocycles. The summed E-state index contributed by atoms with van der Waals surface area (Å²) in [5, 5.41) is 11.5. The molecule has 0 aliphatic heterocycles. The molecular formula is C16H16N2S. The Bertz CT molecular complexity index is 606. The molecule has 1 aromatic heterocycles. The van der Waals surface area contributed by atoms with Crippen LogP contribution in [0.25, 0.3) is 0 Å². The molecule has 1 saturated carbocycles. The highest BCUT2D eigenvalue weighted by atomic mass is 32.1. The average molecular weight is 268 g/mol. The Balaban J connectivity index is 1.94.